The molecular weight excluding hydrogens is 925 g/mol. The molecule has 0 bridgehead atoms. The Morgan fingerprint density at radius 1 is 0.915 bits per heavy atom. The Kier molecular flexibility index (Phi) is 13.8. The number of benzene rings is 1. The van der Waals surface area contributed by atoms with Crippen molar-refractivity contribution in [3.63, 3.8) is 0 Å². The number of carbonyl (C=O) groups is 1. The van der Waals surface area contributed by atoms with Crippen LogP contribution in [0, 0.1) is 57.0 Å². The second kappa shape index (κ2) is 16.8. The van der Waals surface area contributed by atoms with Crippen LogP contribution in [0.25, 0.3) is 0 Å². The number of unbranched alkanes of at least 4 members (excludes halogenated alkanes) is 1. The Hall–Kier alpha value is 0.380. The third kappa shape index (κ3) is 9.07. The minimum atomic E-state index is -0.506. The summed E-state index contributed by atoms with van der Waals surface area (Å²) in [6.45, 7) is 15.1. The van der Waals surface area contributed by atoms with E-state index in [4.69, 9.17) is 14.2 Å². The van der Waals surface area contributed by atoms with Crippen LogP contribution in [-0.2, 0) is 14.3 Å². The zero-order valence-electron chi connectivity index (χ0n) is 29.7. The number of rotatable bonds is 14. The number of allylic oxidation sites excluding steroid dienone is 1. The van der Waals surface area contributed by atoms with E-state index in [1.165, 1.54) is 61.4 Å². The molecule has 4 unspecified atom stereocenters. The van der Waals surface area contributed by atoms with Crippen LogP contribution in [0.4, 0.5) is 0 Å². The number of esters is 1. The first kappa shape index (κ1) is 38.6. The summed E-state index contributed by atoms with van der Waals surface area (Å²) in [5, 5.41) is 0. The van der Waals surface area contributed by atoms with Crippen molar-refractivity contribution in [1.29, 1.82) is 0 Å². The summed E-state index contributed by atoms with van der Waals surface area (Å²) in [4.78, 5) is 12.6. The predicted octanol–water partition coefficient (Wildman–Crippen LogP) is 12.4. The van der Waals surface area contributed by atoms with Gasteiger partial charge >= 0.3 is 5.97 Å². The highest BCUT2D eigenvalue weighted by Crippen LogP contribution is 2.67. The van der Waals surface area contributed by atoms with E-state index in [9.17, 15) is 4.79 Å². The van der Waals surface area contributed by atoms with Gasteiger partial charge in [0.1, 0.15) is 5.75 Å². The zero-order chi connectivity index (χ0) is 33.9. The molecule has 47 heavy (non-hydrogen) atoms. The monoisotopic (exact) mass is 984 g/mol. The summed E-state index contributed by atoms with van der Waals surface area (Å²) in [5.74, 6) is 5.91. The van der Waals surface area contributed by atoms with Crippen molar-refractivity contribution in [2.45, 2.75) is 144 Å². The maximum atomic E-state index is 12.6. The Morgan fingerprint density at radius 3 is 2.38 bits per heavy atom. The highest BCUT2D eigenvalue weighted by Gasteiger charge is 2.59. The molecular formula is C40H59I3O4. The molecule has 0 aromatic heterocycles. The van der Waals surface area contributed by atoms with Crippen molar-refractivity contribution >= 4 is 73.7 Å². The van der Waals surface area contributed by atoms with E-state index in [2.05, 4.69) is 121 Å². The standard InChI is InChI=1S/C40H59I3O4/c1-25(2)10-9-11-26(3)32-15-16-33-31-14-13-28-22-30(17-19-39(28,5)34(31)18-20-40(32,33)6)46-27(4)47-37(44)12-7-8-21-45-38-35(42)23-29(41)24-36(38)43/h13,23-27,30-34H,7-12,14-22H2,1-6H3/t26-,27?,30+,31?,32-,33?,34?,39+,40-/m1/s1. The Morgan fingerprint density at radius 2 is 1.66 bits per heavy atom. The number of halogens is 3. The van der Waals surface area contributed by atoms with Crippen molar-refractivity contribution in [3.8, 4) is 5.75 Å². The molecule has 0 aliphatic heterocycles. The second-order valence-electron chi connectivity index (χ2n) is 16.4. The van der Waals surface area contributed by atoms with Crippen molar-refractivity contribution in [2.24, 2.45) is 46.3 Å². The molecule has 0 amide bonds. The summed E-state index contributed by atoms with van der Waals surface area (Å²) < 4.78 is 21.6. The first-order chi connectivity index (χ1) is 22.3. The fourth-order valence-corrected chi connectivity index (χ4v) is 14.4. The Bertz CT molecular complexity index is 1240. The van der Waals surface area contributed by atoms with Gasteiger partial charge in [0.15, 0.2) is 6.29 Å². The van der Waals surface area contributed by atoms with Crippen molar-refractivity contribution < 1.29 is 19.0 Å². The molecule has 0 heterocycles. The molecule has 1 aromatic rings. The maximum Gasteiger partial charge on any atom is 0.308 e. The Labute approximate surface area is 326 Å². The molecule has 7 heteroatoms. The van der Waals surface area contributed by atoms with E-state index in [1.807, 2.05) is 6.92 Å². The smallest absolute Gasteiger partial charge is 0.308 e. The van der Waals surface area contributed by atoms with E-state index in [1.54, 1.807) is 5.57 Å². The first-order valence-corrected chi connectivity index (χ1v) is 21.9. The van der Waals surface area contributed by atoms with Crippen LogP contribution in [0.1, 0.15) is 131 Å². The summed E-state index contributed by atoms with van der Waals surface area (Å²) in [5.41, 5.74) is 2.47. The number of ether oxygens (including phenoxy) is 3. The number of hydrogen-bond donors (Lipinski definition) is 0. The summed E-state index contributed by atoms with van der Waals surface area (Å²) in [7, 11) is 0. The maximum absolute atomic E-state index is 12.6. The molecule has 0 spiro atoms. The van der Waals surface area contributed by atoms with Crippen LogP contribution < -0.4 is 4.74 Å². The van der Waals surface area contributed by atoms with Gasteiger partial charge in [0, 0.05) is 9.99 Å². The van der Waals surface area contributed by atoms with Gasteiger partial charge in [0.2, 0.25) is 0 Å². The molecule has 0 N–H and O–H groups in total. The highest BCUT2D eigenvalue weighted by atomic mass is 127. The molecule has 5 rings (SSSR count). The van der Waals surface area contributed by atoms with Crippen LogP contribution in [0.2, 0.25) is 0 Å². The van der Waals surface area contributed by atoms with E-state index >= 15 is 0 Å². The molecule has 9 atom stereocenters. The number of carbonyl (C=O) groups excluding carboxylic acids is 1. The van der Waals surface area contributed by atoms with Crippen molar-refractivity contribution in [1.82, 2.24) is 0 Å². The van der Waals surface area contributed by atoms with Crippen molar-refractivity contribution in [3.05, 3.63) is 34.5 Å². The van der Waals surface area contributed by atoms with E-state index in [-0.39, 0.29) is 12.1 Å². The van der Waals surface area contributed by atoms with Gasteiger partial charge in [-0.2, -0.15) is 0 Å². The fraction of sp³-hybridized carbons (Fsp3) is 0.775. The van der Waals surface area contributed by atoms with Gasteiger partial charge in [0.25, 0.3) is 0 Å². The lowest BCUT2D eigenvalue weighted by atomic mass is 9.47. The van der Waals surface area contributed by atoms with Crippen LogP contribution in [0.3, 0.4) is 0 Å². The summed E-state index contributed by atoms with van der Waals surface area (Å²) in [6.07, 6.45) is 18.6. The minimum Gasteiger partial charge on any atom is -0.491 e. The molecule has 1 aromatic carbocycles. The third-order valence-corrected chi connectivity index (χ3v) is 15.2. The largest absolute Gasteiger partial charge is 0.491 e. The molecule has 0 radical (unpaired) electrons. The lowest BCUT2D eigenvalue weighted by Crippen LogP contribution is -2.51. The topological polar surface area (TPSA) is 44.8 Å². The Balaban J connectivity index is 1.07. The van der Waals surface area contributed by atoms with E-state index < -0.39 is 6.29 Å². The molecule has 4 aliphatic carbocycles. The normalized spacial score (nSPS) is 33.0. The minimum absolute atomic E-state index is 0.136. The summed E-state index contributed by atoms with van der Waals surface area (Å²) in [6, 6.07) is 4.25. The predicted molar refractivity (Wildman–Crippen MR) is 217 cm³/mol. The van der Waals surface area contributed by atoms with E-state index in [0.29, 0.717) is 23.9 Å². The van der Waals surface area contributed by atoms with Gasteiger partial charge in [-0.15, -0.1) is 0 Å². The van der Waals surface area contributed by atoms with Crippen LogP contribution in [0.5, 0.6) is 5.75 Å². The second-order valence-corrected chi connectivity index (χ2v) is 19.9. The molecule has 4 nitrogen and oxygen atoms in total. The lowest BCUT2D eigenvalue weighted by Gasteiger charge is -2.58. The molecule has 3 fully saturated rings. The highest BCUT2D eigenvalue weighted by molar-refractivity contribution is 14.1. The number of fused-ring (bicyclic) bond motifs is 5. The van der Waals surface area contributed by atoms with Crippen LogP contribution in [0.15, 0.2) is 23.8 Å². The summed E-state index contributed by atoms with van der Waals surface area (Å²) >= 11 is 6.98. The lowest BCUT2D eigenvalue weighted by molar-refractivity contribution is -0.188. The van der Waals surface area contributed by atoms with Crippen molar-refractivity contribution in [2.75, 3.05) is 6.61 Å². The third-order valence-electron chi connectivity index (χ3n) is 12.9. The fourth-order valence-electron chi connectivity index (χ4n) is 10.5. The van der Waals surface area contributed by atoms with Crippen LogP contribution >= 0.6 is 67.8 Å². The number of hydrogen-bond acceptors (Lipinski definition) is 4. The van der Waals surface area contributed by atoms with E-state index in [0.717, 1.165) is 74.1 Å². The average molecular weight is 985 g/mol. The van der Waals surface area contributed by atoms with Gasteiger partial charge in [-0.25, -0.2) is 0 Å². The van der Waals surface area contributed by atoms with Gasteiger partial charge in [0.05, 0.1) is 19.9 Å². The van der Waals surface area contributed by atoms with Gasteiger partial charge in [-0.05, 0) is 197 Å². The van der Waals surface area contributed by atoms with Crippen LogP contribution in [-0.4, -0.2) is 25.0 Å². The quantitative estimate of drug-likeness (QED) is 0.0613. The molecule has 3 saturated carbocycles. The molecule has 0 saturated heterocycles. The van der Waals surface area contributed by atoms with Gasteiger partial charge in [-0.1, -0.05) is 65.5 Å². The van der Waals surface area contributed by atoms with Gasteiger partial charge < -0.3 is 14.2 Å². The van der Waals surface area contributed by atoms with Gasteiger partial charge in [-0.3, -0.25) is 4.79 Å². The first-order valence-electron chi connectivity index (χ1n) is 18.6. The molecule has 4 aliphatic rings. The average Bonchev–Trinajstić information content (AvgIpc) is 3.35. The zero-order valence-corrected chi connectivity index (χ0v) is 36.2. The SMILES string of the molecule is CC(C)CCC[C@@H](C)[C@H]1CCC2C3CC=C4C[C@@H](OC(C)OC(=O)CCCCOc5c(I)cc(I)cc5I)CC[C@]4(C)C3CC[C@@]21C. The molecule has 264 valence electrons.